The highest BCUT2D eigenvalue weighted by atomic mass is 32.1. The summed E-state index contributed by atoms with van der Waals surface area (Å²) in [6, 6.07) is 0. The van der Waals surface area contributed by atoms with Gasteiger partial charge in [-0.3, -0.25) is 4.79 Å². The van der Waals surface area contributed by atoms with E-state index in [1.807, 2.05) is 18.3 Å². The molecule has 5 rings (SSSR count). The van der Waals surface area contributed by atoms with Gasteiger partial charge in [-0.25, -0.2) is 9.97 Å². The molecule has 6 heteroatoms. The van der Waals surface area contributed by atoms with Crippen molar-refractivity contribution in [2.24, 2.45) is 5.92 Å². The van der Waals surface area contributed by atoms with Crippen LogP contribution >= 0.6 is 11.3 Å². The van der Waals surface area contributed by atoms with Crippen molar-refractivity contribution in [2.45, 2.75) is 58.3 Å². The van der Waals surface area contributed by atoms with Crippen LogP contribution in [0.1, 0.15) is 54.8 Å². The SMILES string of the molecule is Cc1nc(N2CCN(C(=O)C3CCCC3)CC2)c2c3c(sc2n1)CCCC3. The van der Waals surface area contributed by atoms with E-state index < -0.39 is 0 Å². The fourth-order valence-corrected chi connectivity index (χ4v) is 6.34. The number of aromatic nitrogens is 2. The number of carbonyl (C=O) groups excluding carboxylic acids is 1. The Morgan fingerprint density at radius 3 is 2.52 bits per heavy atom. The van der Waals surface area contributed by atoms with Crippen LogP contribution in [-0.2, 0) is 17.6 Å². The van der Waals surface area contributed by atoms with Crippen LogP contribution in [0.15, 0.2) is 0 Å². The number of rotatable bonds is 2. The van der Waals surface area contributed by atoms with Crippen LogP contribution in [-0.4, -0.2) is 47.0 Å². The van der Waals surface area contributed by atoms with Crippen molar-refractivity contribution in [2.75, 3.05) is 31.1 Å². The van der Waals surface area contributed by atoms with Gasteiger partial charge in [0.25, 0.3) is 0 Å². The minimum atomic E-state index is 0.286. The Kier molecular flexibility index (Phi) is 4.54. The molecule has 2 aliphatic carbocycles. The normalized spacial score (nSPS) is 21.1. The molecule has 3 aliphatic rings. The number of amides is 1. The number of carbonyl (C=O) groups is 1. The second-order valence-electron chi connectivity index (χ2n) is 8.28. The number of fused-ring (bicyclic) bond motifs is 3. The summed E-state index contributed by atoms with van der Waals surface area (Å²) in [5.41, 5.74) is 1.50. The third kappa shape index (κ3) is 3.12. The summed E-state index contributed by atoms with van der Waals surface area (Å²) in [6.45, 7) is 5.42. The summed E-state index contributed by atoms with van der Waals surface area (Å²) in [5, 5.41) is 1.30. The Hall–Kier alpha value is -1.69. The fourth-order valence-electron chi connectivity index (χ4n) is 5.04. The summed E-state index contributed by atoms with van der Waals surface area (Å²) in [4.78, 5) is 29.5. The first-order valence-corrected chi connectivity index (χ1v) is 11.3. The molecule has 0 atom stereocenters. The van der Waals surface area contributed by atoms with E-state index in [9.17, 15) is 4.79 Å². The lowest BCUT2D eigenvalue weighted by atomic mass is 9.97. The summed E-state index contributed by atoms with van der Waals surface area (Å²) in [5.74, 6) is 2.66. The summed E-state index contributed by atoms with van der Waals surface area (Å²) in [7, 11) is 0. The van der Waals surface area contributed by atoms with Crippen LogP contribution in [0.4, 0.5) is 5.82 Å². The minimum Gasteiger partial charge on any atom is -0.352 e. The molecule has 0 spiro atoms. The van der Waals surface area contributed by atoms with Gasteiger partial charge in [0.1, 0.15) is 16.5 Å². The van der Waals surface area contributed by atoms with E-state index >= 15 is 0 Å². The second kappa shape index (κ2) is 7.04. The third-order valence-electron chi connectivity index (χ3n) is 6.50. The van der Waals surface area contributed by atoms with Gasteiger partial charge in [0.2, 0.25) is 5.91 Å². The number of aryl methyl sites for hydroxylation is 3. The maximum absolute atomic E-state index is 12.7. The van der Waals surface area contributed by atoms with Crippen molar-refractivity contribution in [1.29, 1.82) is 0 Å². The van der Waals surface area contributed by atoms with E-state index in [0.717, 1.165) is 61.9 Å². The highest BCUT2D eigenvalue weighted by molar-refractivity contribution is 7.19. The van der Waals surface area contributed by atoms with E-state index in [0.29, 0.717) is 5.91 Å². The largest absolute Gasteiger partial charge is 0.352 e. The van der Waals surface area contributed by atoms with Crippen LogP contribution in [0, 0.1) is 12.8 Å². The maximum Gasteiger partial charge on any atom is 0.225 e. The zero-order chi connectivity index (χ0) is 18.4. The molecule has 144 valence electrons. The van der Waals surface area contributed by atoms with Gasteiger partial charge >= 0.3 is 0 Å². The number of hydrogen-bond acceptors (Lipinski definition) is 5. The molecule has 0 N–H and O–H groups in total. The molecule has 27 heavy (non-hydrogen) atoms. The molecule has 2 aromatic heterocycles. The number of nitrogens with zero attached hydrogens (tertiary/aromatic N) is 4. The Balaban J connectivity index is 1.40. The van der Waals surface area contributed by atoms with Crippen molar-refractivity contribution in [1.82, 2.24) is 14.9 Å². The predicted molar refractivity (Wildman–Crippen MR) is 110 cm³/mol. The molecule has 0 aromatic carbocycles. The Morgan fingerprint density at radius 1 is 1.00 bits per heavy atom. The number of anilines is 1. The summed E-state index contributed by atoms with van der Waals surface area (Å²) in [6.07, 6.45) is 9.54. The Labute approximate surface area is 164 Å². The molecule has 2 fully saturated rings. The van der Waals surface area contributed by atoms with E-state index in [1.165, 1.54) is 47.9 Å². The van der Waals surface area contributed by atoms with Gasteiger partial charge in [-0.05, 0) is 51.0 Å². The lowest BCUT2D eigenvalue weighted by Gasteiger charge is -2.37. The van der Waals surface area contributed by atoms with E-state index in [4.69, 9.17) is 9.97 Å². The zero-order valence-corrected chi connectivity index (χ0v) is 17.0. The Bertz CT molecular complexity index is 863. The summed E-state index contributed by atoms with van der Waals surface area (Å²) >= 11 is 1.87. The lowest BCUT2D eigenvalue weighted by Crippen LogP contribution is -2.50. The van der Waals surface area contributed by atoms with Crippen molar-refractivity contribution in [3.63, 3.8) is 0 Å². The van der Waals surface area contributed by atoms with Crippen LogP contribution < -0.4 is 4.90 Å². The standard InChI is InChI=1S/C21H28N4OS/c1-14-22-19(18-16-8-4-5-9-17(16)27-20(18)23-14)24-10-12-25(13-11-24)21(26)15-6-2-3-7-15/h15H,2-13H2,1H3. The average Bonchev–Trinajstić information content (AvgIpc) is 3.34. The van der Waals surface area contributed by atoms with Crippen LogP contribution in [0.3, 0.4) is 0 Å². The van der Waals surface area contributed by atoms with Gasteiger partial charge in [-0.15, -0.1) is 11.3 Å². The van der Waals surface area contributed by atoms with Crippen LogP contribution in [0.25, 0.3) is 10.2 Å². The zero-order valence-electron chi connectivity index (χ0n) is 16.2. The van der Waals surface area contributed by atoms with Gasteiger partial charge in [0, 0.05) is 37.0 Å². The molecule has 1 amide bonds. The molecular weight excluding hydrogens is 356 g/mol. The number of thiophene rings is 1. The van der Waals surface area contributed by atoms with Gasteiger partial charge in [0.05, 0.1) is 5.39 Å². The molecular formula is C21H28N4OS. The fraction of sp³-hybridized carbons (Fsp3) is 0.667. The summed E-state index contributed by atoms with van der Waals surface area (Å²) < 4.78 is 0. The molecule has 5 nitrogen and oxygen atoms in total. The van der Waals surface area contributed by atoms with Crippen molar-refractivity contribution in [3.8, 4) is 0 Å². The van der Waals surface area contributed by atoms with E-state index in [2.05, 4.69) is 9.80 Å². The highest BCUT2D eigenvalue weighted by Gasteiger charge is 2.31. The molecule has 1 saturated carbocycles. The van der Waals surface area contributed by atoms with Crippen LogP contribution in [0.2, 0.25) is 0 Å². The Morgan fingerprint density at radius 2 is 1.74 bits per heavy atom. The van der Waals surface area contributed by atoms with Gasteiger partial charge < -0.3 is 9.80 Å². The molecule has 1 saturated heterocycles. The van der Waals surface area contributed by atoms with Crippen molar-refractivity contribution in [3.05, 3.63) is 16.3 Å². The van der Waals surface area contributed by atoms with Gasteiger partial charge in [-0.1, -0.05) is 12.8 Å². The number of piperazine rings is 1. The molecule has 1 aliphatic heterocycles. The van der Waals surface area contributed by atoms with E-state index in [1.54, 1.807) is 0 Å². The monoisotopic (exact) mass is 384 g/mol. The number of hydrogen-bond donors (Lipinski definition) is 0. The first-order valence-electron chi connectivity index (χ1n) is 10.5. The molecule has 0 bridgehead atoms. The van der Waals surface area contributed by atoms with E-state index in [-0.39, 0.29) is 5.92 Å². The second-order valence-corrected chi connectivity index (χ2v) is 9.36. The topological polar surface area (TPSA) is 49.3 Å². The van der Waals surface area contributed by atoms with Gasteiger partial charge in [0.15, 0.2) is 0 Å². The van der Waals surface area contributed by atoms with Crippen LogP contribution in [0.5, 0.6) is 0 Å². The van der Waals surface area contributed by atoms with Gasteiger partial charge in [-0.2, -0.15) is 0 Å². The molecule has 3 heterocycles. The molecule has 0 unspecified atom stereocenters. The first-order chi connectivity index (χ1) is 13.2. The lowest BCUT2D eigenvalue weighted by molar-refractivity contribution is -0.135. The molecule has 0 radical (unpaired) electrons. The molecule has 2 aromatic rings. The maximum atomic E-state index is 12.7. The first kappa shape index (κ1) is 17.4. The van der Waals surface area contributed by atoms with Crippen molar-refractivity contribution < 1.29 is 4.79 Å². The third-order valence-corrected chi connectivity index (χ3v) is 7.69. The quantitative estimate of drug-likeness (QED) is 0.792. The van der Waals surface area contributed by atoms with Crippen molar-refractivity contribution >= 4 is 33.3 Å². The minimum absolute atomic E-state index is 0.286. The smallest absolute Gasteiger partial charge is 0.225 e. The highest BCUT2D eigenvalue weighted by Crippen LogP contribution is 2.40. The average molecular weight is 385 g/mol. The predicted octanol–water partition coefficient (Wildman–Crippen LogP) is 3.72.